The maximum absolute atomic E-state index is 13.3. The second kappa shape index (κ2) is 10.4. The Morgan fingerprint density at radius 3 is 2.56 bits per heavy atom. The van der Waals surface area contributed by atoms with E-state index in [1.165, 1.54) is 19.5 Å². The van der Waals surface area contributed by atoms with Gasteiger partial charge in [-0.25, -0.2) is 4.79 Å². The van der Waals surface area contributed by atoms with Crippen LogP contribution < -0.4 is 0 Å². The van der Waals surface area contributed by atoms with Crippen LogP contribution in [-0.4, -0.2) is 104 Å². The Hall–Kier alpha value is -2.10. The molecule has 1 aromatic heterocycles. The smallest absolute Gasteiger partial charge is 0.339 e. The molecule has 0 amide bonds. The van der Waals surface area contributed by atoms with Crippen molar-refractivity contribution in [3.05, 3.63) is 24.2 Å². The summed E-state index contributed by atoms with van der Waals surface area (Å²) in [6.07, 6.45) is -8.29. The van der Waals surface area contributed by atoms with E-state index in [9.17, 15) is 40.2 Å². The number of carbonyl (C=O) groups is 2. The first-order valence-electron chi connectivity index (χ1n) is 13.2. The van der Waals surface area contributed by atoms with E-state index in [1.807, 2.05) is 0 Å². The molecular weight excluding hydrogens is 520 g/mol. The number of hydrogen-bond acceptors (Lipinski definition) is 13. The summed E-state index contributed by atoms with van der Waals surface area (Å²) in [6.45, 7) is 2.27. The quantitative estimate of drug-likeness (QED) is 0.239. The van der Waals surface area contributed by atoms with Gasteiger partial charge in [0.1, 0.15) is 36.6 Å². The molecule has 13 unspecified atom stereocenters. The van der Waals surface area contributed by atoms with Crippen LogP contribution in [0.1, 0.15) is 51.2 Å². The standard InChI is InChI=1S/C26H36O13/c1-11(28)36-22-14(29)7-15(37-23-21(32)20(31)19(30)17(9-27)38-23)13-3-5-26(34)24(33)39-16(12-4-6-35-10-12)8-25(26,2)18(13)22/h4,6,10,13-23,27,29-32,34H,3,5,7-9H2,1-2H3. The average molecular weight is 557 g/mol. The van der Waals surface area contributed by atoms with Crippen LogP contribution >= 0.6 is 0 Å². The van der Waals surface area contributed by atoms with E-state index >= 15 is 0 Å². The lowest BCUT2D eigenvalue weighted by Crippen LogP contribution is -2.70. The SMILES string of the molecule is CC(=O)OC1C(O)CC(OC2OC(CO)C(O)C(O)C2O)C2CCC3(O)C(=O)OC(c4ccoc4)CC3(C)C21. The van der Waals surface area contributed by atoms with Crippen molar-refractivity contribution in [1.82, 2.24) is 0 Å². The third-order valence-electron chi connectivity index (χ3n) is 9.24. The average Bonchev–Trinajstić information content (AvgIpc) is 3.42. The summed E-state index contributed by atoms with van der Waals surface area (Å²) in [5, 5.41) is 63.5. The minimum absolute atomic E-state index is 0.000957. The monoisotopic (exact) mass is 556 g/mol. The summed E-state index contributed by atoms with van der Waals surface area (Å²) in [5.41, 5.74) is -2.62. The molecule has 4 fully saturated rings. The summed E-state index contributed by atoms with van der Waals surface area (Å²) in [7, 11) is 0. The molecule has 0 spiro atoms. The molecule has 6 N–H and O–H groups in total. The van der Waals surface area contributed by atoms with Crippen LogP contribution in [0, 0.1) is 17.3 Å². The number of aliphatic hydroxyl groups excluding tert-OH is 5. The normalized spacial score (nSPS) is 48.0. The molecule has 0 aromatic carbocycles. The molecular formula is C26H36O13. The molecule has 3 heterocycles. The number of fused-ring (bicyclic) bond motifs is 3. The Morgan fingerprint density at radius 1 is 1.18 bits per heavy atom. The van der Waals surface area contributed by atoms with Crippen molar-refractivity contribution in [2.75, 3.05) is 6.61 Å². The first kappa shape index (κ1) is 28.4. The van der Waals surface area contributed by atoms with Crippen LogP contribution in [-0.2, 0) is 28.5 Å². The lowest BCUT2D eigenvalue weighted by atomic mass is 9.47. The highest BCUT2D eigenvalue weighted by molar-refractivity contribution is 5.82. The lowest BCUT2D eigenvalue weighted by molar-refractivity contribution is -0.332. The van der Waals surface area contributed by atoms with Gasteiger partial charge >= 0.3 is 11.9 Å². The summed E-state index contributed by atoms with van der Waals surface area (Å²) in [5.74, 6) is -2.75. The maximum Gasteiger partial charge on any atom is 0.339 e. The zero-order valence-electron chi connectivity index (χ0n) is 21.7. The maximum atomic E-state index is 13.3. The van der Waals surface area contributed by atoms with Crippen molar-refractivity contribution in [3.8, 4) is 0 Å². The van der Waals surface area contributed by atoms with Gasteiger partial charge in [0, 0.05) is 30.2 Å². The fourth-order valence-electron chi connectivity index (χ4n) is 7.19. The van der Waals surface area contributed by atoms with Crippen molar-refractivity contribution >= 4 is 11.9 Å². The molecule has 13 atom stereocenters. The van der Waals surface area contributed by atoms with Gasteiger partial charge in [0.25, 0.3) is 0 Å². The minimum atomic E-state index is -1.95. The topological polar surface area (TPSA) is 206 Å². The van der Waals surface area contributed by atoms with Gasteiger partial charge in [-0.2, -0.15) is 0 Å². The molecule has 2 aliphatic heterocycles. The third-order valence-corrected chi connectivity index (χ3v) is 9.24. The molecule has 13 heteroatoms. The fourth-order valence-corrected chi connectivity index (χ4v) is 7.19. The Bertz CT molecular complexity index is 1040. The van der Waals surface area contributed by atoms with Crippen LogP contribution in [0.2, 0.25) is 0 Å². The summed E-state index contributed by atoms with van der Waals surface area (Å²) >= 11 is 0. The second-order valence-electron chi connectivity index (χ2n) is 11.4. The zero-order valence-corrected chi connectivity index (χ0v) is 21.7. The van der Waals surface area contributed by atoms with E-state index in [0.717, 1.165) is 0 Å². The first-order valence-corrected chi connectivity index (χ1v) is 13.2. The number of cyclic esters (lactones) is 1. The number of hydrogen-bond donors (Lipinski definition) is 6. The summed E-state index contributed by atoms with van der Waals surface area (Å²) < 4.78 is 28.0. The van der Waals surface area contributed by atoms with Crippen molar-refractivity contribution in [1.29, 1.82) is 0 Å². The number of ether oxygens (including phenoxy) is 4. The van der Waals surface area contributed by atoms with Gasteiger partial charge in [0.15, 0.2) is 11.9 Å². The van der Waals surface area contributed by atoms with Crippen LogP contribution in [0.5, 0.6) is 0 Å². The molecule has 4 aliphatic rings. The highest BCUT2D eigenvalue weighted by atomic mass is 16.7. The predicted octanol–water partition coefficient (Wildman–Crippen LogP) is -1.09. The van der Waals surface area contributed by atoms with Gasteiger partial charge in [0.2, 0.25) is 0 Å². The van der Waals surface area contributed by atoms with Crippen molar-refractivity contribution in [2.24, 2.45) is 17.3 Å². The van der Waals surface area contributed by atoms with Gasteiger partial charge in [-0.05, 0) is 31.2 Å². The van der Waals surface area contributed by atoms with Crippen LogP contribution in [0.25, 0.3) is 0 Å². The van der Waals surface area contributed by atoms with Gasteiger partial charge in [-0.3, -0.25) is 4.79 Å². The zero-order chi connectivity index (χ0) is 28.3. The van der Waals surface area contributed by atoms with E-state index in [-0.39, 0.29) is 25.7 Å². The summed E-state index contributed by atoms with van der Waals surface area (Å²) in [6, 6.07) is 1.65. The van der Waals surface area contributed by atoms with E-state index in [2.05, 4.69) is 0 Å². The van der Waals surface area contributed by atoms with Crippen LogP contribution in [0.15, 0.2) is 23.0 Å². The molecule has 2 aliphatic carbocycles. The third kappa shape index (κ3) is 4.58. The largest absolute Gasteiger partial charge is 0.472 e. The van der Waals surface area contributed by atoms with E-state index in [1.54, 1.807) is 13.0 Å². The highest BCUT2D eigenvalue weighted by Crippen LogP contribution is 2.62. The molecule has 2 saturated carbocycles. The second-order valence-corrected chi connectivity index (χ2v) is 11.4. The van der Waals surface area contributed by atoms with E-state index in [4.69, 9.17) is 23.4 Å². The molecule has 5 rings (SSSR count). The fraction of sp³-hybridized carbons (Fsp3) is 0.769. The molecule has 1 aromatic rings. The number of esters is 2. The Kier molecular flexibility index (Phi) is 7.57. The van der Waals surface area contributed by atoms with Crippen LogP contribution in [0.3, 0.4) is 0 Å². The van der Waals surface area contributed by atoms with Crippen LogP contribution in [0.4, 0.5) is 0 Å². The van der Waals surface area contributed by atoms with Crippen molar-refractivity contribution in [2.45, 2.75) is 100 Å². The number of aliphatic hydroxyl groups is 6. The highest BCUT2D eigenvalue weighted by Gasteiger charge is 2.70. The number of furan rings is 1. The van der Waals surface area contributed by atoms with Gasteiger partial charge < -0.3 is 54.0 Å². The molecule has 0 bridgehead atoms. The minimum Gasteiger partial charge on any atom is -0.472 e. The first-order chi connectivity index (χ1) is 18.4. The van der Waals surface area contributed by atoms with Crippen molar-refractivity contribution < 1.29 is 63.6 Å². The lowest BCUT2D eigenvalue weighted by Gasteiger charge is -2.62. The van der Waals surface area contributed by atoms with E-state index in [0.29, 0.717) is 5.56 Å². The Balaban J connectivity index is 1.50. The molecule has 39 heavy (non-hydrogen) atoms. The Labute approximate surface area is 224 Å². The summed E-state index contributed by atoms with van der Waals surface area (Å²) in [4.78, 5) is 25.4. The number of rotatable bonds is 5. The van der Waals surface area contributed by atoms with Gasteiger partial charge in [-0.15, -0.1) is 0 Å². The molecule has 13 nitrogen and oxygen atoms in total. The van der Waals surface area contributed by atoms with E-state index < -0.39 is 96.5 Å². The van der Waals surface area contributed by atoms with Crippen molar-refractivity contribution in [3.63, 3.8) is 0 Å². The number of carbonyl (C=O) groups excluding carboxylic acids is 2. The van der Waals surface area contributed by atoms with Gasteiger partial charge in [0.05, 0.1) is 31.3 Å². The molecule has 2 saturated heterocycles. The molecule has 218 valence electrons. The van der Waals surface area contributed by atoms with Gasteiger partial charge in [-0.1, -0.05) is 6.92 Å². The Morgan fingerprint density at radius 2 is 1.92 bits per heavy atom. The predicted molar refractivity (Wildman–Crippen MR) is 126 cm³/mol. The molecule has 0 radical (unpaired) electrons.